The average Bonchev–Trinajstić information content (AvgIpc) is 3.19. The lowest BCUT2D eigenvalue weighted by atomic mass is 10.0. The third-order valence-electron chi connectivity index (χ3n) is 3.87. The molecule has 6 heteroatoms. The molecule has 1 aromatic carbocycles. The minimum atomic E-state index is -0.119. The monoisotopic (exact) mass is 341 g/mol. The van der Waals surface area contributed by atoms with Crippen LogP contribution in [0.15, 0.2) is 35.7 Å². The zero-order chi connectivity index (χ0) is 15.8. The van der Waals surface area contributed by atoms with Crippen molar-refractivity contribution in [2.24, 2.45) is 0 Å². The van der Waals surface area contributed by atoms with Gasteiger partial charge in [0.1, 0.15) is 5.01 Å². The number of hydrogen-bond acceptors (Lipinski definition) is 5. The van der Waals surface area contributed by atoms with E-state index < -0.39 is 0 Å². The van der Waals surface area contributed by atoms with Gasteiger partial charge < -0.3 is 0 Å². The Bertz CT molecular complexity index is 850. The first-order chi connectivity index (χ1) is 11.2. The van der Waals surface area contributed by atoms with Gasteiger partial charge in [-0.05, 0) is 25.3 Å². The van der Waals surface area contributed by atoms with Crippen LogP contribution in [0.2, 0.25) is 0 Å². The number of nitrogens with one attached hydrogen (secondary N) is 1. The van der Waals surface area contributed by atoms with Gasteiger partial charge in [-0.15, -0.1) is 21.5 Å². The van der Waals surface area contributed by atoms with Gasteiger partial charge in [-0.3, -0.25) is 10.1 Å². The molecule has 1 N–H and O–H groups in total. The first-order valence-corrected chi connectivity index (χ1v) is 9.20. The molecule has 3 aromatic rings. The van der Waals surface area contributed by atoms with Crippen molar-refractivity contribution in [3.63, 3.8) is 0 Å². The Balaban J connectivity index is 1.61. The Morgan fingerprint density at radius 1 is 1.22 bits per heavy atom. The Morgan fingerprint density at radius 3 is 2.74 bits per heavy atom. The molecule has 4 nitrogen and oxygen atoms in total. The highest BCUT2D eigenvalue weighted by molar-refractivity contribution is 7.15. The van der Waals surface area contributed by atoms with Crippen LogP contribution >= 0.6 is 22.7 Å². The average molecular weight is 341 g/mol. The Kier molecular flexibility index (Phi) is 3.71. The summed E-state index contributed by atoms with van der Waals surface area (Å²) in [6.45, 7) is 2.04. The number of aryl methyl sites for hydroxylation is 1. The lowest BCUT2D eigenvalue weighted by Gasteiger charge is -2.05. The van der Waals surface area contributed by atoms with Crippen molar-refractivity contribution in [2.75, 3.05) is 5.32 Å². The summed E-state index contributed by atoms with van der Waals surface area (Å²) in [4.78, 5) is 13.8. The molecule has 0 atom stereocenters. The number of amides is 1. The first-order valence-electron chi connectivity index (χ1n) is 7.50. The predicted octanol–water partition coefficient (Wildman–Crippen LogP) is 4.70. The van der Waals surface area contributed by atoms with Gasteiger partial charge >= 0.3 is 0 Å². The molecule has 0 aliphatic heterocycles. The molecule has 23 heavy (non-hydrogen) atoms. The standard InChI is InChI=1S/C17H15N3OS2/c1-10-14(11-5-3-2-4-6-11)13(9-22-10)15(21)18-17-20-19-16(23-17)12-7-8-12/h2-6,9,12H,7-8H2,1H3,(H,18,20,21). The summed E-state index contributed by atoms with van der Waals surface area (Å²) in [5.74, 6) is 0.438. The minimum Gasteiger partial charge on any atom is -0.296 e. The first kappa shape index (κ1) is 14.5. The van der Waals surface area contributed by atoms with E-state index in [2.05, 4.69) is 15.5 Å². The SMILES string of the molecule is Cc1scc(C(=O)Nc2nnc(C3CC3)s2)c1-c1ccccc1. The van der Waals surface area contributed by atoms with Crippen LogP contribution in [0.25, 0.3) is 11.1 Å². The van der Waals surface area contributed by atoms with E-state index in [9.17, 15) is 4.79 Å². The second kappa shape index (κ2) is 5.86. The quantitative estimate of drug-likeness (QED) is 0.748. The second-order valence-corrected chi connectivity index (χ2v) is 7.71. The van der Waals surface area contributed by atoms with Gasteiger partial charge in [-0.25, -0.2) is 0 Å². The van der Waals surface area contributed by atoms with E-state index in [-0.39, 0.29) is 5.91 Å². The molecule has 0 saturated heterocycles. The number of nitrogens with zero attached hydrogens (tertiary/aromatic N) is 2. The highest BCUT2D eigenvalue weighted by Crippen LogP contribution is 2.42. The molecule has 116 valence electrons. The third kappa shape index (κ3) is 2.92. The summed E-state index contributed by atoms with van der Waals surface area (Å²) in [6.07, 6.45) is 2.37. The summed E-state index contributed by atoms with van der Waals surface area (Å²) >= 11 is 3.08. The maximum atomic E-state index is 12.7. The lowest BCUT2D eigenvalue weighted by Crippen LogP contribution is -2.12. The minimum absolute atomic E-state index is 0.119. The molecular formula is C17H15N3OS2. The molecule has 2 aromatic heterocycles. The molecule has 1 aliphatic carbocycles. The van der Waals surface area contributed by atoms with Gasteiger partial charge in [0.25, 0.3) is 5.91 Å². The Morgan fingerprint density at radius 2 is 2.00 bits per heavy atom. The second-order valence-electron chi connectivity index (χ2n) is 5.62. The van der Waals surface area contributed by atoms with E-state index in [4.69, 9.17) is 0 Å². The van der Waals surface area contributed by atoms with Crippen molar-refractivity contribution in [3.05, 3.63) is 51.2 Å². The van der Waals surface area contributed by atoms with Crippen LogP contribution in [0.4, 0.5) is 5.13 Å². The van der Waals surface area contributed by atoms with Crippen molar-refractivity contribution in [1.82, 2.24) is 10.2 Å². The Labute approximate surface area is 142 Å². The predicted molar refractivity (Wildman–Crippen MR) is 94.3 cm³/mol. The number of benzene rings is 1. The molecule has 0 unspecified atom stereocenters. The van der Waals surface area contributed by atoms with Crippen molar-refractivity contribution < 1.29 is 4.79 Å². The molecule has 1 saturated carbocycles. The molecule has 1 amide bonds. The van der Waals surface area contributed by atoms with Crippen molar-refractivity contribution in [2.45, 2.75) is 25.7 Å². The van der Waals surface area contributed by atoms with Crippen LogP contribution in [0, 0.1) is 6.92 Å². The van der Waals surface area contributed by atoms with Gasteiger partial charge in [-0.1, -0.05) is 41.7 Å². The molecule has 4 rings (SSSR count). The van der Waals surface area contributed by atoms with E-state index in [1.54, 1.807) is 11.3 Å². The van der Waals surface area contributed by atoms with Crippen LogP contribution in [-0.4, -0.2) is 16.1 Å². The number of thiophene rings is 1. The smallest absolute Gasteiger partial charge is 0.258 e. The summed E-state index contributed by atoms with van der Waals surface area (Å²) in [6, 6.07) is 10.0. The zero-order valence-electron chi connectivity index (χ0n) is 12.6. The van der Waals surface area contributed by atoms with Crippen LogP contribution in [0.5, 0.6) is 0 Å². The molecule has 0 bridgehead atoms. The Hall–Kier alpha value is -2.05. The zero-order valence-corrected chi connectivity index (χ0v) is 14.2. The van der Waals surface area contributed by atoms with Crippen LogP contribution in [0.1, 0.15) is 39.0 Å². The van der Waals surface area contributed by atoms with Crippen LogP contribution in [0.3, 0.4) is 0 Å². The summed E-state index contributed by atoms with van der Waals surface area (Å²) in [5.41, 5.74) is 2.76. The van der Waals surface area contributed by atoms with E-state index in [1.165, 1.54) is 24.2 Å². The summed E-state index contributed by atoms with van der Waals surface area (Å²) < 4.78 is 0. The lowest BCUT2D eigenvalue weighted by molar-refractivity contribution is 0.102. The number of aromatic nitrogens is 2. The van der Waals surface area contributed by atoms with Crippen LogP contribution < -0.4 is 5.32 Å². The van der Waals surface area contributed by atoms with Gasteiger partial charge in [0.2, 0.25) is 5.13 Å². The highest BCUT2D eigenvalue weighted by atomic mass is 32.1. The van der Waals surface area contributed by atoms with Gasteiger partial charge in [0.15, 0.2) is 0 Å². The normalized spacial score (nSPS) is 14.0. The van der Waals surface area contributed by atoms with Crippen molar-refractivity contribution in [3.8, 4) is 11.1 Å². The van der Waals surface area contributed by atoms with Crippen molar-refractivity contribution >= 4 is 33.7 Å². The highest BCUT2D eigenvalue weighted by Gasteiger charge is 2.28. The molecule has 0 radical (unpaired) electrons. The largest absolute Gasteiger partial charge is 0.296 e. The van der Waals surface area contributed by atoms with Gasteiger partial charge in [0.05, 0.1) is 5.56 Å². The topological polar surface area (TPSA) is 54.9 Å². The summed E-state index contributed by atoms with van der Waals surface area (Å²) in [5, 5.41) is 14.7. The fourth-order valence-electron chi connectivity index (χ4n) is 2.53. The number of hydrogen-bond donors (Lipinski definition) is 1. The van der Waals surface area contributed by atoms with Crippen LogP contribution in [-0.2, 0) is 0 Å². The fraction of sp³-hybridized carbons (Fsp3) is 0.235. The van der Waals surface area contributed by atoms with E-state index in [0.29, 0.717) is 16.6 Å². The van der Waals surface area contributed by atoms with Gasteiger partial charge in [-0.2, -0.15) is 0 Å². The maximum Gasteiger partial charge on any atom is 0.258 e. The number of anilines is 1. The molecule has 0 spiro atoms. The molecule has 1 fully saturated rings. The number of carbonyl (C=O) groups is 1. The van der Waals surface area contributed by atoms with E-state index in [1.807, 2.05) is 42.6 Å². The molecule has 1 aliphatic rings. The van der Waals surface area contributed by atoms with E-state index in [0.717, 1.165) is 21.0 Å². The van der Waals surface area contributed by atoms with Crippen molar-refractivity contribution in [1.29, 1.82) is 0 Å². The maximum absolute atomic E-state index is 12.7. The van der Waals surface area contributed by atoms with E-state index >= 15 is 0 Å². The molecule has 2 heterocycles. The third-order valence-corrected chi connectivity index (χ3v) is 5.78. The summed E-state index contributed by atoms with van der Waals surface area (Å²) in [7, 11) is 0. The fourth-order valence-corrected chi connectivity index (χ4v) is 4.30. The number of rotatable bonds is 4. The number of carbonyl (C=O) groups excluding carboxylic acids is 1. The van der Waals surface area contributed by atoms with Gasteiger partial charge in [0, 0.05) is 21.7 Å². The molecular weight excluding hydrogens is 326 g/mol.